The van der Waals surface area contributed by atoms with Crippen molar-refractivity contribution in [3.8, 4) is 6.07 Å². The van der Waals surface area contributed by atoms with Crippen LogP contribution in [0.3, 0.4) is 0 Å². The summed E-state index contributed by atoms with van der Waals surface area (Å²) in [4.78, 5) is 16.0. The summed E-state index contributed by atoms with van der Waals surface area (Å²) in [7, 11) is 0. The number of halogens is 4. The zero-order valence-corrected chi connectivity index (χ0v) is 12.8. The van der Waals surface area contributed by atoms with Gasteiger partial charge in [-0.25, -0.2) is 4.98 Å². The second-order valence-electron chi connectivity index (χ2n) is 5.28. The molecule has 124 valence electrons. The summed E-state index contributed by atoms with van der Waals surface area (Å²) in [6.07, 6.45) is -2.48. The lowest BCUT2D eigenvalue weighted by atomic mass is 9.96. The van der Waals surface area contributed by atoms with Crippen LogP contribution in [0.25, 0.3) is 0 Å². The molecule has 5 nitrogen and oxygen atoms in total. The molecular weight excluding hydrogens is 333 g/mol. The topological polar surface area (TPSA) is 69.0 Å². The number of alkyl halides is 3. The Hall–Kier alpha value is -2.01. The predicted molar refractivity (Wildman–Crippen MR) is 77.8 cm³/mol. The third-order valence-corrected chi connectivity index (χ3v) is 3.96. The number of rotatable bonds is 3. The minimum absolute atomic E-state index is 0.0826. The molecule has 0 radical (unpaired) electrons. The Labute approximate surface area is 136 Å². The van der Waals surface area contributed by atoms with Gasteiger partial charge in [0.15, 0.2) is 0 Å². The van der Waals surface area contributed by atoms with Crippen LogP contribution in [0.1, 0.15) is 18.4 Å². The van der Waals surface area contributed by atoms with Gasteiger partial charge in [-0.15, -0.1) is 0 Å². The molecule has 1 aliphatic heterocycles. The highest BCUT2D eigenvalue weighted by Gasteiger charge is 2.43. The van der Waals surface area contributed by atoms with Crippen molar-refractivity contribution >= 4 is 23.3 Å². The Balaban J connectivity index is 1.84. The normalized spacial score (nSPS) is 16.0. The van der Waals surface area contributed by atoms with Crippen LogP contribution >= 0.6 is 11.6 Å². The van der Waals surface area contributed by atoms with Crippen LogP contribution in [-0.4, -0.2) is 41.6 Å². The van der Waals surface area contributed by atoms with Gasteiger partial charge in [-0.2, -0.15) is 18.4 Å². The number of hydrogen-bond donors (Lipinski definition) is 1. The minimum Gasteiger partial charge on any atom is -0.369 e. The van der Waals surface area contributed by atoms with Crippen LogP contribution in [-0.2, 0) is 4.79 Å². The number of nitrogens with zero attached hydrogens (tertiary/aromatic N) is 3. The molecule has 0 bridgehead atoms. The summed E-state index contributed by atoms with van der Waals surface area (Å²) >= 11 is 5.99. The summed E-state index contributed by atoms with van der Waals surface area (Å²) in [6.45, 7) is 0.658. The third kappa shape index (κ3) is 4.48. The number of aromatic nitrogens is 1. The number of nitrogens with one attached hydrogen (secondary N) is 1. The van der Waals surface area contributed by atoms with Crippen molar-refractivity contribution < 1.29 is 18.0 Å². The molecule has 0 spiro atoms. The van der Waals surface area contributed by atoms with E-state index in [9.17, 15) is 18.0 Å². The molecule has 1 fully saturated rings. The molecule has 0 aromatic carbocycles. The van der Waals surface area contributed by atoms with Crippen molar-refractivity contribution in [1.82, 2.24) is 9.88 Å². The lowest BCUT2D eigenvalue weighted by Gasteiger charge is -2.32. The molecule has 1 amide bonds. The fraction of sp³-hybridized carbons (Fsp3) is 0.500. The highest BCUT2D eigenvalue weighted by molar-refractivity contribution is 6.33. The lowest BCUT2D eigenvalue weighted by molar-refractivity contribution is -0.186. The van der Waals surface area contributed by atoms with E-state index in [0.717, 1.165) is 4.90 Å². The van der Waals surface area contributed by atoms with Crippen molar-refractivity contribution in [1.29, 1.82) is 5.26 Å². The second kappa shape index (κ2) is 7.04. The Bertz CT molecular complexity index is 621. The maximum absolute atomic E-state index is 12.4. The molecule has 0 atom stereocenters. The molecule has 9 heteroatoms. The van der Waals surface area contributed by atoms with Crippen molar-refractivity contribution in [2.75, 3.05) is 25.0 Å². The number of carbonyl (C=O) groups excluding carboxylic acids is 1. The fourth-order valence-corrected chi connectivity index (χ4v) is 2.62. The molecule has 0 unspecified atom stereocenters. The second-order valence-corrected chi connectivity index (χ2v) is 5.69. The van der Waals surface area contributed by atoms with Crippen LogP contribution in [0.2, 0.25) is 5.02 Å². The average Bonchev–Trinajstić information content (AvgIpc) is 2.52. The molecule has 2 rings (SSSR count). The van der Waals surface area contributed by atoms with E-state index in [1.165, 1.54) is 12.3 Å². The van der Waals surface area contributed by atoms with E-state index in [2.05, 4.69) is 10.3 Å². The van der Waals surface area contributed by atoms with Gasteiger partial charge in [0, 0.05) is 25.8 Å². The number of anilines is 1. The number of pyridine rings is 1. The SMILES string of the molecule is N#Cc1cnc(NCC2CCN(C(=O)C(F)(F)F)CC2)c(Cl)c1. The van der Waals surface area contributed by atoms with Crippen molar-refractivity contribution in [2.45, 2.75) is 19.0 Å². The third-order valence-electron chi connectivity index (χ3n) is 3.67. The van der Waals surface area contributed by atoms with E-state index in [0.29, 0.717) is 35.8 Å². The molecule has 1 aliphatic rings. The zero-order chi connectivity index (χ0) is 17.0. The number of nitriles is 1. The van der Waals surface area contributed by atoms with Crippen LogP contribution in [0.4, 0.5) is 19.0 Å². The number of likely N-dealkylation sites (tertiary alicyclic amines) is 1. The summed E-state index contributed by atoms with van der Waals surface area (Å²) in [5.74, 6) is -1.22. The Morgan fingerprint density at radius 1 is 1.48 bits per heavy atom. The smallest absolute Gasteiger partial charge is 0.369 e. The van der Waals surface area contributed by atoms with Crippen molar-refractivity contribution in [3.63, 3.8) is 0 Å². The first-order valence-corrected chi connectivity index (χ1v) is 7.34. The van der Waals surface area contributed by atoms with Gasteiger partial charge in [-0.1, -0.05) is 11.6 Å². The van der Waals surface area contributed by atoms with Gasteiger partial charge < -0.3 is 10.2 Å². The van der Waals surface area contributed by atoms with E-state index in [-0.39, 0.29) is 19.0 Å². The van der Waals surface area contributed by atoms with Gasteiger partial charge in [0.25, 0.3) is 0 Å². The monoisotopic (exact) mass is 346 g/mol. The summed E-state index contributed by atoms with van der Waals surface area (Å²) in [5.41, 5.74) is 0.347. The highest BCUT2D eigenvalue weighted by Crippen LogP contribution is 2.25. The van der Waals surface area contributed by atoms with Gasteiger partial charge in [-0.05, 0) is 24.8 Å². The Morgan fingerprint density at radius 2 is 2.13 bits per heavy atom. The first kappa shape index (κ1) is 17.3. The van der Waals surface area contributed by atoms with Crippen LogP contribution in [0, 0.1) is 17.2 Å². The minimum atomic E-state index is -4.81. The molecule has 1 aromatic rings. The average molecular weight is 347 g/mol. The van der Waals surface area contributed by atoms with Crippen LogP contribution in [0.5, 0.6) is 0 Å². The molecular formula is C14H14ClF3N4O. The number of piperidine rings is 1. The van der Waals surface area contributed by atoms with E-state index in [1.807, 2.05) is 6.07 Å². The zero-order valence-electron chi connectivity index (χ0n) is 12.0. The fourth-order valence-electron chi connectivity index (χ4n) is 2.39. The molecule has 1 saturated heterocycles. The number of amides is 1. The maximum Gasteiger partial charge on any atom is 0.471 e. The van der Waals surface area contributed by atoms with E-state index < -0.39 is 12.1 Å². The van der Waals surface area contributed by atoms with Crippen LogP contribution in [0.15, 0.2) is 12.3 Å². The van der Waals surface area contributed by atoms with Gasteiger partial charge in [0.05, 0.1) is 10.6 Å². The molecule has 2 heterocycles. The first-order chi connectivity index (χ1) is 10.8. The van der Waals surface area contributed by atoms with Crippen molar-refractivity contribution in [2.24, 2.45) is 5.92 Å². The summed E-state index contributed by atoms with van der Waals surface area (Å²) in [6, 6.07) is 3.41. The van der Waals surface area contributed by atoms with Gasteiger partial charge in [-0.3, -0.25) is 4.79 Å². The Morgan fingerprint density at radius 3 is 2.65 bits per heavy atom. The summed E-state index contributed by atoms with van der Waals surface area (Å²) < 4.78 is 37.1. The molecule has 1 N–H and O–H groups in total. The van der Waals surface area contributed by atoms with E-state index in [1.54, 1.807) is 0 Å². The molecule has 0 aliphatic carbocycles. The Kier molecular flexibility index (Phi) is 5.31. The van der Waals surface area contributed by atoms with E-state index >= 15 is 0 Å². The lowest BCUT2D eigenvalue weighted by Crippen LogP contribution is -2.46. The predicted octanol–water partition coefficient (Wildman–Crippen LogP) is 2.82. The largest absolute Gasteiger partial charge is 0.471 e. The summed E-state index contributed by atoms with van der Waals surface area (Å²) in [5, 5.41) is 12.1. The van der Waals surface area contributed by atoms with Crippen molar-refractivity contribution in [3.05, 3.63) is 22.8 Å². The molecule has 1 aromatic heterocycles. The standard InChI is InChI=1S/C14H14ClF3N4O/c15-11-5-10(6-19)8-21-12(11)20-7-9-1-3-22(4-2-9)13(23)14(16,17)18/h5,8-9H,1-4,7H2,(H,20,21). The molecule has 23 heavy (non-hydrogen) atoms. The quantitative estimate of drug-likeness (QED) is 0.913. The van der Waals surface area contributed by atoms with Gasteiger partial charge >= 0.3 is 12.1 Å². The first-order valence-electron chi connectivity index (χ1n) is 6.97. The number of hydrogen-bond acceptors (Lipinski definition) is 4. The maximum atomic E-state index is 12.4. The number of carbonyl (C=O) groups is 1. The van der Waals surface area contributed by atoms with Gasteiger partial charge in [0.2, 0.25) is 0 Å². The highest BCUT2D eigenvalue weighted by atomic mass is 35.5. The van der Waals surface area contributed by atoms with Gasteiger partial charge in [0.1, 0.15) is 11.9 Å². The van der Waals surface area contributed by atoms with Crippen LogP contribution < -0.4 is 5.32 Å². The molecule has 0 saturated carbocycles. The van der Waals surface area contributed by atoms with E-state index in [4.69, 9.17) is 16.9 Å².